The van der Waals surface area contributed by atoms with E-state index in [9.17, 15) is 43.2 Å². The molecular weight excluding hydrogens is 1200 g/mol. The molecule has 0 aliphatic heterocycles. The predicted octanol–water partition coefficient (Wildman–Crippen LogP) is 20.9. The van der Waals surface area contributed by atoms with E-state index in [1.165, 1.54) is 186 Å². The molecule has 0 heterocycles. The first kappa shape index (κ1) is 89.1. The summed E-state index contributed by atoms with van der Waals surface area (Å²) in [4.78, 5) is 72.5. The summed E-state index contributed by atoms with van der Waals surface area (Å²) < 4.78 is 68.3. The molecule has 540 valence electrons. The highest BCUT2D eigenvalue weighted by atomic mass is 31.2. The van der Waals surface area contributed by atoms with Crippen LogP contribution in [0.3, 0.4) is 0 Å². The molecule has 91 heavy (non-hydrogen) atoms. The Morgan fingerprint density at radius 2 is 0.505 bits per heavy atom. The number of ether oxygens (including phenoxy) is 4. The summed E-state index contributed by atoms with van der Waals surface area (Å²) in [6.07, 6.45) is 52.8. The van der Waals surface area contributed by atoms with Crippen LogP contribution in [0.4, 0.5) is 0 Å². The quantitative estimate of drug-likeness (QED) is 0.0222. The summed E-state index contributed by atoms with van der Waals surface area (Å²) in [5, 5.41) is 10.6. The lowest BCUT2D eigenvalue weighted by Crippen LogP contribution is -2.30. The fourth-order valence-corrected chi connectivity index (χ4v) is 12.6. The van der Waals surface area contributed by atoms with Crippen LogP contribution in [0.15, 0.2) is 0 Å². The lowest BCUT2D eigenvalue weighted by Gasteiger charge is -2.21. The summed E-state index contributed by atoms with van der Waals surface area (Å²) in [7, 11) is -9.90. The van der Waals surface area contributed by atoms with Crippen molar-refractivity contribution in [3.63, 3.8) is 0 Å². The number of carbonyl (C=O) groups is 4. The molecule has 0 aromatic rings. The van der Waals surface area contributed by atoms with E-state index in [0.717, 1.165) is 109 Å². The zero-order chi connectivity index (χ0) is 67.0. The van der Waals surface area contributed by atoms with E-state index < -0.39 is 97.5 Å². The third kappa shape index (κ3) is 66.5. The first-order valence-corrected chi connectivity index (χ1v) is 40.6. The van der Waals surface area contributed by atoms with Crippen molar-refractivity contribution >= 4 is 39.5 Å². The Balaban J connectivity index is 5.19. The van der Waals surface area contributed by atoms with Crippen molar-refractivity contribution in [2.75, 3.05) is 39.6 Å². The van der Waals surface area contributed by atoms with Gasteiger partial charge in [-0.05, 0) is 31.6 Å². The highest BCUT2D eigenvalue weighted by Crippen LogP contribution is 2.45. The molecule has 0 spiro atoms. The minimum atomic E-state index is -4.95. The van der Waals surface area contributed by atoms with Crippen LogP contribution < -0.4 is 0 Å². The van der Waals surface area contributed by atoms with Gasteiger partial charge >= 0.3 is 39.5 Å². The SMILES string of the molecule is CCCCCCCCCCCCCCCCCCC(=O)OC[C@H](COP(=O)(O)OC[C@@H](O)COP(=O)(O)OC[C@@H](COC(=O)CCCCCCCCC)OC(=O)CCCCCCCCCCCCC)OC(=O)CCCCCCCCCCCCCCCCC(C)C. The van der Waals surface area contributed by atoms with Crippen molar-refractivity contribution in [3.8, 4) is 0 Å². The van der Waals surface area contributed by atoms with Crippen LogP contribution in [0.25, 0.3) is 0 Å². The minimum absolute atomic E-state index is 0.107. The maximum Gasteiger partial charge on any atom is 0.472 e. The summed E-state index contributed by atoms with van der Waals surface area (Å²) >= 11 is 0. The Hall–Kier alpha value is -1.94. The Labute approximate surface area is 556 Å². The van der Waals surface area contributed by atoms with Gasteiger partial charge in [-0.2, -0.15) is 0 Å². The van der Waals surface area contributed by atoms with Crippen LogP contribution >= 0.6 is 15.6 Å². The molecular formula is C72H140O17P2. The van der Waals surface area contributed by atoms with Crippen LogP contribution in [0.1, 0.15) is 375 Å². The number of esters is 4. The number of aliphatic hydroxyl groups excluding tert-OH is 1. The first-order valence-electron chi connectivity index (χ1n) is 37.6. The molecule has 5 atom stereocenters. The van der Waals surface area contributed by atoms with Gasteiger partial charge in [-0.15, -0.1) is 0 Å². The molecule has 0 bridgehead atoms. The average molecular weight is 1340 g/mol. The van der Waals surface area contributed by atoms with Gasteiger partial charge in [-0.3, -0.25) is 37.3 Å². The maximum absolute atomic E-state index is 13.0. The maximum atomic E-state index is 13.0. The number of unbranched alkanes of at least 4 members (excludes halogenated alkanes) is 44. The predicted molar refractivity (Wildman–Crippen MR) is 368 cm³/mol. The van der Waals surface area contributed by atoms with Gasteiger partial charge in [0.1, 0.15) is 19.3 Å². The highest BCUT2D eigenvalue weighted by Gasteiger charge is 2.30. The van der Waals surface area contributed by atoms with E-state index in [0.29, 0.717) is 25.7 Å². The van der Waals surface area contributed by atoms with Gasteiger partial charge in [0.15, 0.2) is 12.2 Å². The number of hydrogen-bond donors (Lipinski definition) is 3. The Kier molecular flexibility index (Phi) is 64.0. The Morgan fingerprint density at radius 1 is 0.297 bits per heavy atom. The molecule has 3 N–H and O–H groups in total. The first-order chi connectivity index (χ1) is 44.0. The zero-order valence-electron chi connectivity index (χ0n) is 59.0. The smallest absolute Gasteiger partial charge is 0.462 e. The molecule has 0 amide bonds. The van der Waals surface area contributed by atoms with Gasteiger partial charge in [-0.25, -0.2) is 9.13 Å². The largest absolute Gasteiger partial charge is 0.472 e. The number of rotatable bonds is 72. The molecule has 0 aromatic carbocycles. The summed E-state index contributed by atoms with van der Waals surface area (Å²) in [6, 6.07) is 0. The molecule has 0 saturated heterocycles. The molecule has 0 saturated carbocycles. The van der Waals surface area contributed by atoms with Crippen molar-refractivity contribution < 1.29 is 80.2 Å². The van der Waals surface area contributed by atoms with Crippen molar-refractivity contribution in [1.82, 2.24) is 0 Å². The monoisotopic (exact) mass is 1340 g/mol. The molecule has 0 radical (unpaired) electrons. The Bertz CT molecular complexity index is 1750. The van der Waals surface area contributed by atoms with Crippen LogP contribution in [-0.4, -0.2) is 96.7 Å². The van der Waals surface area contributed by atoms with Gasteiger partial charge < -0.3 is 33.8 Å². The van der Waals surface area contributed by atoms with E-state index in [4.69, 9.17) is 37.0 Å². The van der Waals surface area contributed by atoms with E-state index in [1.807, 2.05) is 0 Å². The molecule has 0 aliphatic rings. The van der Waals surface area contributed by atoms with E-state index >= 15 is 0 Å². The highest BCUT2D eigenvalue weighted by molar-refractivity contribution is 7.47. The van der Waals surface area contributed by atoms with E-state index in [2.05, 4.69) is 34.6 Å². The van der Waals surface area contributed by atoms with Crippen molar-refractivity contribution in [1.29, 1.82) is 0 Å². The minimum Gasteiger partial charge on any atom is -0.462 e. The number of hydrogen-bond acceptors (Lipinski definition) is 15. The second-order valence-corrected chi connectivity index (χ2v) is 29.4. The van der Waals surface area contributed by atoms with Crippen molar-refractivity contribution in [2.24, 2.45) is 5.92 Å². The molecule has 0 aliphatic carbocycles. The molecule has 2 unspecified atom stereocenters. The third-order valence-electron chi connectivity index (χ3n) is 16.8. The standard InChI is InChI=1S/C72H140O17P2/c1-6-9-12-15-18-20-22-23-24-25-29-33-36-41-46-51-56-70(75)83-62-68(89-72(77)58-53-48-43-38-34-30-27-26-28-32-35-40-44-49-54-65(4)5)64-87-91(80,81)85-60-66(73)59-84-90(78,79)86-63-67(61-82-69(74)55-50-45-39-17-14-11-8-3)88-71(76)57-52-47-42-37-31-21-19-16-13-10-7-2/h65-68,73H,6-64H2,1-5H3,(H,78,79)(H,80,81)/t66-,67+,68+/m0/s1. The normalized spacial score (nSPS) is 14.0. The molecule has 0 aromatic heterocycles. The van der Waals surface area contributed by atoms with Gasteiger partial charge in [-0.1, -0.05) is 324 Å². The van der Waals surface area contributed by atoms with Crippen LogP contribution in [0, 0.1) is 5.92 Å². The molecule has 19 heteroatoms. The summed E-state index contributed by atoms with van der Waals surface area (Å²) in [5.41, 5.74) is 0. The van der Waals surface area contributed by atoms with Crippen LogP contribution in [-0.2, 0) is 65.4 Å². The van der Waals surface area contributed by atoms with Crippen LogP contribution in [0.5, 0.6) is 0 Å². The van der Waals surface area contributed by atoms with Gasteiger partial charge in [0.2, 0.25) is 0 Å². The number of phosphoric acid groups is 2. The Morgan fingerprint density at radius 3 is 0.747 bits per heavy atom. The summed E-state index contributed by atoms with van der Waals surface area (Å²) in [6.45, 7) is 7.24. The van der Waals surface area contributed by atoms with E-state index in [-0.39, 0.29) is 25.7 Å². The second kappa shape index (κ2) is 65.4. The van der Waals surface area contributed by atoms with E-state index in [1.54, 1.807) is 0 Å². The fraction of sp³-hybridized carbons (Fsp3) is 0.944. The summed E-state index contributed by atoms with van der Waals surface area (Å²) in [5.74, 6) is -1.33. The fourth-order valence-electron chi connectivity index (χ4n) is 11.0. The molecule has 0 fully saturated rings. The molecule has 0 rings (SSSR count). The van der Waals surface area contributed by atoms with Gasteiger partial charge in [0.05, 0.1) is 26.4 Å². The number of aliphatic hydroxyl groups is 1. The number of carbonyl (C=O) groups excluding carboxylic acids is 4. The molecule has 17 nitrogen and oxygen atoms in total. The van der Waals surface area contributed by atoms with Crippen LogP contribution in [0.2, 0.25) is 0 Å². The van der Waals surface area contributed by atoms with Crippen molar-refractivity contribution in [3.05, 3.63) is 0 Å². The topological polar surface area (TPSA) is 237 Å². The lowest BCUT2D eigenvalue weighted by molar-refractivity contribution is -0.161. The van der Waals surface area contributed by atoms with Crippen molar-refractivity contribution in [2.45, 2.75) is 393 Å². The third-order valence-corrected chi connectivity index (χ3v) is 18.7. The number of phosphoric ester groups is 2. The lowest BCUT2D eigenvalue weighted by atomic mass is 10.0. The van der Waals surface area contributed by atoms with Gasteiger partial charge in [0, 0.05) is 25.7 Å². The van der Waals surface area contributed by atoms with Gasteiger partial charge in [0.25, 0.3) is 0 Å². The second-order valence-electron chi connectivity index (χ2n) is 26.5. The average Bonchev–Trinajstić information content (AvgIpc) is 3.73. The zero-order valence-corrected chi connectivity index (χ0v) is 60.8.